The van der Waals surface area contributed by atoms with Gasteiger partial charge in [0, 0.05) is 19.5 Å². The number of carboxylic acids is 1. The van der Waals surface area contributed by atoms with Gasteiger partial charge in [-0.2, -0.15) is 0 Å². The average molecular weight is 181 g/mol. The van der Waals surface area contributed by atoms with Crippen molar-refractivity contribution in [2.45, 2.75) is 0 Å². The summed E-state index contributed by atoms with van der Waals surface area (Å²) in [4.78, 5) is 8.99. The van der Waals surface area contributed by atoms with Crippen molar-refractivity contribution in [1.29, 1.82) is 0 Å². The third kappa shape index (κ3) is 8.98. The minimum absolute atomic E-state index is 0. The molecule has 0 aliphatic rings. The van der Waals surface area contributed by atoms with Gasteiger partial charge in [-0.25, -0.2) is 9.18 Å². The summed E-state index contributed by atoms with van der Waals surface area (Å²) in [6.45, 7) is -1.28. The summed E-state index contributed by atoms with van der Waals surface area (Å²) in [6.07, 6.45) is 0. The molecular weight excluding hydrogens is 178 g/mol. The van der Waals surface area contributed by atoms with Crippen LogP contribution in [0.5, 0.6) is 0 Å². The van der Waals surface area contributed by atoms with Crippen LogP contribution in [0.3, 0.4) is 0 Å². The van der Waals surface area contributed by atoms with Gasteiger partial charge in [-0.3, -0.25) is 0 Å². The maximum atomic E-state index is 10.5. The number of carboxylic acid groups (broad SMARTS) is 1. The van der Waals surface area contributed by atoms with Crippen LogP contribution in [0.4, 0.5) is 4.39 Å². The first-order valence-corrected chi connectivity index (χ1v) is 1.05. The standard InChI is InChI=1S/C2H3FO2.Rh/c3-1-2(4)5;/h1H2,(H,4,5);. The summed E-state index contributed by atoms with van der Waals surface area (Å²) >= 11 is 0. The molecule has 2 nitrogen and oxygen atoms in total. The van der Waals surface area contributed by atoms with Gasteiger partial charge in [0.25, 0.3) is 0 Å². The molecule has 0 aliphatic heterocycles. The Morgan fingerprint density at radius 1 is 1.83 bits per heavy atom. The number of aliphatic carboxylic acids is 1. The van der Waals surface area contributed by atoms with Crippen LogP contribution in [0.1, 0.15) is 0 Å². The fourth-order valence-corrected chi connectivity index (χ4v) is 0. The number of hydrogen-bond acceptors (Lipinski definition) is 1. The first kappa shape index (κ1) is 9.39. The molecule has 0 fully saturated rings. The average Bonchev–Trinajstić information content (AvgIpc) is 1.38. The molecule has 0 aliphatic carbocycles. The van der Waals surface area contributed by atoms with Gasteiger partial charge in [0.1, 0.15) is 0 Å². The van der Waals surface area contributed by atoms with E-state index in [1.807, 2.05) is 0 Å². The Kier molecular flexibility index (Phi) is 7.86. The van der Waals surface area contributed by atoms with Crippen molar-refractivity contribution in [3.05, 3.63) is 0 Å². The number of hydrogen-bond donors (Lipinski definition) is 1. The maximum absolute atomic E-state index is 10.5. The van der Waals surface area contributed by atoms with Crippen LogP contribution in [0.15, 0.2) is 0 Å². The molecule has 1 radical (unpaired) electrons. The second-order valence-electron chi connectivity index (χ2n) is 0.527. The molecule has 0 saturated carbocycles. The van der Waals surface area contributed by atoms with E-state index < -0.39 is 12.6 Å². The topological polar surface area (TPSA) is 37.3 Å². The van der Waals surface area contributed by atoms with E-state index in [1.165, 1.54) is 0 Å². The van der Waals surface area contributed by atoms with Gasteiger partial charge in [0.15, 0.2) is 6.67 Å². The molecule has 0 spiro atoms. The van der Waals surface area contributed by atoms with Crippen LogP contribution >= 0.6 is 0 Å². The van der Waals surface area contributed by atoms with E-state index in [0.717, 1.165) is 0 Å². The van der Waals surface area contributed by atoms with Gasteiger partial charge in [0.05, 0.1) is 0 Å². The molecule has 0 atom stereocenters. The maximum Gasteiger partial charge on any atom is 0.335 e. The summed E-state index contributed by atoms with van der Waals surface area (Å²) in [6, 6.07) is 0. The quantitative estimate of drug-likeness (QED) is 0.579. The predicted molar refractivity (Wildman–Crippen MR) is 13.6 cm³/mol. The largest absolute Gasteiger partial charge is 0.479 e. The molecule has 4 heteroatoms. The Bertz CT molecular complexity index is 46.8. The minimum Gasteiger partial charge on any atom is -0.479 e. The number of rotatable bonds is 1. The monoisotopic (exact) mass is 181 g/mol. The van der Waals surface area contributed by atoms with Gasteiger partial charge in [-0.1, -0.05) is 0 Å². The van der Waals surface area contributed by atoms with Crippen LogP contribution in [0.25, 0.3) is 0 Å². The molecule has 0 amide bonds. The first-order chi connectivity index (χ1) is 2.27. The van der Waals surface area contributed by atoms with E-state index in [2.05, 4.69) is 0 Å². The number of alkyl halides is 1. The fraction of sp³-hybridized carbons (Fsp3) is 0.500. The van der Waals surface area contributed by atoms with Crippen LogP contribution < -0.4 is 0 Å². The third-order valence-electron chi connectivity index (χ3n) is 0.114. The van der Waals surface area contributed by atoms with Crippen LogP contribution in [0, 0.1) is 0 Å². The van der Waals surface area contributed by atoms with E-state index in [-0.39, 0.29) is 19.5 Å². The molecular formula is C2H3FO2Rh. The molecule has 6 heavy (non-hydrogen) atoms. The summed E-state index contributed by atoms with van der Waals surface area (Å²) in [7, 11) is 0. The van der Waals surface area contributed by atoms with Gasteiger partial charge >= 0.3 is 5.97 Å². The zero-order valence-corrected chi connectivity index (χ0v) is 4.41. The van der Waals surface area contributed by atoms with Crippen molar-refractivity contribution >= 4 is 5.97 Å². The molecule has 0 saturated heterocycles. The van der Waals surface area contributed by atoms with E-state index in [4.69, 9.17) is 9.90 Å². The number of halogens is 1. The molecule has 39 valence electrons. The van der Waals surface area contributed by atoms with Crippen LogP contribution in [-0.4, -0.2) is 17.8 Å². The SMILES string of the molecule is O=C(O)CF.[Rh]. The molecule has 0 aromatic rings. The van der Waals surface area contributed by atoms with Crippen LogP contribution in [0.2, 0.25) is 0 Å². The van der Waals surface area contributed by atoms with E-state index in [9.17, 15) is 4.39 Å². The van der Waals surface area contributed by atoms with Crippen LogP contribution in [-0.2, 0) is 24.3 Å². The zero-order valence-electron chi connectivity index (χ0n) is 2.77. The van der Waals surface area contributed by atoms with E-state index >= 15 is 0 Å². The summed E-state index contributed by atoms with van der Waals surface area (Å²) < 4.78 is 10.5. The predicted octanol–water partition coefficient (Wildman–Crippen LogP) is 0.0380. The van der Waals surface area contributed by atoms with Gasteiger partial charge in [0.2, 0.25) is 0 Å². The summed E-state index contributed by atoms with van der Waals surface area (Å²) in [5.74, 6) is -1.41. The molecule has 0 aromatic heterocycles. The Morgan fingerprint density at radius 2 is 2.00 bits per heavy atom. The third-order valence-corrected chi connectivity index (χ3v) is 0.114. The molecule has 0 heterocycles. The zero-order chi connectivity index (χ0) is 4.28. The Morgan fingerprint density at radius 3 is 2.00 bits per heavy atom. The minimum atomic E-state index is -1.41. The van der Waals surface area contributed by atoms with Crippen molar-refractivity contribution in [3.8, 4) is 0 Å². The van der Waals surface area contributed by atoms with Gasteiger partial charge < -0.3 is 5.11 Å². The van der Waals surface area contributed by atoms with Gasteiger partial charge in [-0.15, -0.1) is 0 Å². The van der Waals surface area contributed by atoms with E-state index in [0.29, 0.717) is 0 Å². The second-order valence-corrected chi connectivity index (χ2v) is 0.527. The first-order valence-electron chi connectivity index (χ1n) is 1.05. The summed E-state index contributed by atoms with van der Waals surface area (Å²) in [5.41, 5.74) is 0. The van der Waals surface area contributed by atoms with Crippen molar-refractivity contribution in [2.24, 2.45) is 0 Å². The molecule has 1 N–H and O–H groups in total. The Hall–Kier alpha value is 0.0234. The Balaban J connectivity index is 0. The van der Waals surface area contributed by atoms with Crippen molar-refractivity contribution in [2.75, 3.05) is 6.67 Å². The molecule has 0 rings (SSSR count). The fourth-order valence-electron chi connectivity index (χ4n) is 0. The molecule has 0 aromatic carbocycles. The Labute approximate surface area is 47.1 Å². The summed E-state index contributed by atoms with van der Waals surface area (Å²) in [5, 5.41) is 7.35. The molecule has 0 bridgehead atoms. The van der Waals surface area contributed by atoms with Crippen molar-refractivity contribution < 1.29 is 33.8 Å². The second kappa shape index (κ2) is 5.02. The number of carbonyl (C=O) groups is 1. The molecule has 0 unspecified atom stereocenters. The smallest absolute Gasteiger partial charge is 0.335 e. The van der Waals surface area contributed by atoms with Crippen molar-refractivity contribution in [1.82, 2.24) is 0 Å². The van der Waals surface area contributed by atoms with Crippen molar-refractivity contribution in [3.63, 3.8) is 0 Å². The normalized spacial score (nSPS) is 6.17. The van der Waals surface area contributed by atoms with Gasteiger partial charge in [-0.05, 0) is 0 Å². The van der Waals surface area contributed by atoms with E-state index in [1.54, 1.807) is 0 Å².